The number of fused-ring (bicyclic) bond motifs is 2. The predicted molar refractivity (Wildman–Crippen MR) is 161 cm³/mol. The molecule has 0 radical (unpaired) electrons. The Morgan fingerprint density at radius 1 is 1.10 bits per heavy atom. The number of thiazole rings is 1. The fraction of sp³-hybridized carbons (Fsp3) is 0.107. The number of nitro groups is 1. The van der Waals surface area contributed by atoms with E-state index in [1.54, 1.807) is 6.07 Å². The van der Waals surface area contributed by atoms with Gasteiger partial charge < -0.3 is 4.42 Å². The fourth-order valence-corrected chi connectivity index (χ4v) is 7.40. The molecular formula is C28H20BrN5O6S2. The number of nitrogens with zero attached hydrogens (tertiary/aromatic N) is 5. The van der Waals surface area contributed by atoms with E-state index < -0.39 is 26.7 Å². The normalized spacial score (nSPS) is 13.8. The Kier molecular flexibility index (Phi) is 7.45. The van der Waals surface area contributed by atoms with Crippen LogP contribution < -0.4 is 5.01 Å². The van der Waals surface area contributed by atoms with Crippen LogP contribution in [0.15, 0.2) is 97.7 Å². The van der Waals surface area contributed by atoms with E-state index in [0.29, 0.717) is 18.5 Å². The molecule has 0 N–H and O–H groups in total. The highest BCUT2D eigenvalue weighted by Crippen LogP contribution is 2.32. The number of amides is 1. The van der Waals surface area contributed by atoms with E-state index in [2.05, 4.69) is 26.0 Å². The van der Waals surface area contributed by atoms with Crippen LogP contribution in [-0.4, -0.2) is 41.3 Å². The van der Waals surface area contributed by atoms with Crippen LogP contribution in [0.3, 0.4) is 0 Å². The number of anilines is 1. The van der Waals surface area contributed by atoms with Crippen LogP contribution in [0.1, 0.15) is 27.2 Å². The molecule has 1 aliphatic rings. The number of hydrogen-bond donors (Lipinski definition) is 0. The van der Waals surface area contributed by atoms with Crippen molar-refractivity contribution < 1.29 is 22.6 Å². The van der Waals surface area contributed by atoms with Crippen molar-refractivity contribution in [3.63, 3.8) is 0 Å². The minimum absolute atomic E-state index is 0.0629. The maximum atomic E-state index is 13.7. The number of rotatable bonds is 7. The molecule has 3 aromatic carbocycles. The summed E-state index contributed by atoms with van der Waals surface area (Å²) < 4.78 is 35.0. The number of hydrogen-bond acceptors (Lipinski definition) is 9. The molecule has 42 heavy (non-hydrogen) atoms. The van der Waals surface area contributed by atoms with Gasteiger partial charge in [-0.15, -0.1) is 0 Å². The molecule has 6 rings (SSSR count). The van der Waals surface area contributed by atoms with Gasteiger partial charge in [0.2, 0.25) is 15.2 Å². The minimum Gasteiger partial charge on any atom is -0.400 e. The second kappa shape index (κ2) is 11.2. The average molecular weight is 667 g/mol. The van der Waals surface area contributed by atoms with Crippen molar-refractivity contribution >= 4 is 70.6 Å². The lowest BCUT2D eigenvalue weighted by atomic mass is 10.0. The van der Waals surface area contributed by atoms with Gasteiger partial charge in [0.05, 0.1) is 27.4 Å². The number of carbonyl (C=O) groups excluding carboxylic acids is 1. The zero-order chi connectivity index (χ0) is 29.4. The Morgan fingerprint density at radius 2 is 1.86 bits per heavy atom. The molecule has 0 saturated carbocycles. The van der Waals surface area contributed by atoms with Crippen LogP contribution in [0.5, 0.6) is 0 Å². The maximum absolute atomic E-state index is 13.7. The zero-order valence-corrected chi connectivity index (χ0v) is 24.8. The van der Waals surface area contributed by atoms with Gasteiger partial charge in [-0.25, -0.2) is 13.4 Å². The summed E-state index contributed by atoms with van der Waals surface area (Å²) >= 11 is 4.65. The molecule has 212 valence electrons. The maximum Gasteiger partial charge on any atom is 0.433 e. The van der Waals surface area contributed by atoms with E-state index in [9.17, 15) is 23.3 Å². The van der Waals surface area contributed by atoms with Crippen molar-refractivity contribution in [2.45, 2.75) is 17.9 Å². The molecule has 2 aromatic heterocycles. The Balaban J connectivity index is 1.30. The Hall–Kier alpha value is -4.24. The largest absolute Gasteiger partial charge is 0.433 e. The Bertz CT molecular complexity index is 1970. The van der Waals surface area contributed by atoms with Gasteiger partial charge in [-0.2, -0.15) is 14.4 Å². The van der Waals surface area contributed by atoms with Crippen molar-refractivity contribution in [1.82, 2.24) is 9.29 Å². The highest BCUT2D eigenvalue weighted by molar-refractivity contribution is 9.10. The molecule has 0 atom stereocenters. The summed E-state index contributed by atoms with van der Waals surface area (Å²) in [6, 6.07) is 21.4. The van der Waals surface area contributed by atoms with E-state index >= 15 is 0 Å². The first-order valence-corrected chi connectivity index (χ1v) is 15.6. The molecule has 0 unspecified atom stereocenters. The number of carbonyl (C=O) groups is 1. The summed E-state index contributed by atoms with van der Waals surface area (Å²) in [5.41, 5.74) is 2.92. The van der Waals surface area contributed by atoms with Crippen molar-refractivity contribution in [3.05, 3.63) is 116 Å². The topological polar surface area (TPSA) is 139 Å². The van der Waals surface area contributed by atoms with Gasteiger partial charge in [0.15, 0.2) is 5.76 Å². The summed E-state index contributed by atoms with van der Waals surface area (Å²) in [4.78, 5) is 28.6. The van der Waals surface area contributed by atoms with Crippen molar-refractivity contribution in [1.29, 1.82) is 0 Å². The number of furan rings is 1. The summed E-state index contributed by atoms with van der Waals surface area (Å²) in [7, 11) is -3.80. The lowest BCUT2D eigenvalue weighted by Gasteiger charge is -2.28. The minimum atomic E-state index is -3.80. The average Bonchev–Trinajstić information content (AvgIpc) is 3.64. The molecule has 0 saturated heterocycles. The van der Waals surface area contributed by atoms with Crippen LogP contribution in [-0.2, 0) is 23.0 Å². The molecule has 11 nitrogen and oxygen atoms in total. The van der Waals surface area contributed by atoms with Crippen molar-refractivity contribution in [2.75, 3.05) is 11.6 Å². The number of benzene rings is 3. The number of aromatic nitrogens is 1. The summed E-state index contributed by atoms with van der Waals surface area (Å²) in [6.45, 7) is 0.640. The van der Waals surface area contributed by atoms with E-state index in [-0.39, 0.29) is 27.9 Å². The lowest BCUT2D eigenvalue weighted by Crippen LogP contribution is -2.36. The molecule has 0 bridgehead atoms. The summed E-state index contributed by atoms with van der Waals surface area (Å²) in [5.74, 6) is -0.984. The second-order valence-corrected chi connectivity index (χ2v) is 13.1. The van der Waals surface area contributed by atoms with Gasteiger partial charge in [-0.1, -0.05) is 51.5 Å². The predicted octanol–water partition coefficient (Wildman–Crippen LogP) is 5.99. The fourth-order valence-electron chi connectivity index (χ4n) is 4.51. The third kappa shape index (κ3) is 5.48. The molecule has 5 aromatic rings. The van der Waals surface area contributed by atoms with E-state index in [1.165, 1.54) is 58.3 Å². The summed E-state index contributed by atoms with van der Waals surface area (Å²) in [5, 5.41) is 16.5. The van der Waals surface area contributed by atoms with Crippen LogP contribution in [0.4, 0.5) is 11.0 Å². The first-order valence-electron chi connectivity index (χ1n) is 12.5. The highest BCUT2D eigenvalue weighted by atomic mass is 79.9. The Morgan fingerprint density at radius 3 is 2.60 bits per heavy atom. The number of hydrazone groups is 1. The Labute approximate surface area is 252 Å². The second-order valence-electron chi connectivity index (χ2n) is 9.28. The van der Waals surface area contributed by atoms with Crippen LogP contribution in [0.25, 0.3) is 10.2 Å². The quantitative estimate of drug-likeness (QED) is 0.118. The van der Waals surface area contributed by atoms with E-state index in [4.69, 9.17) is 4.42 Å². The van der Waals surface area contributed by atoms with E-state index in [1.807, 2.05) is 36.4 Å². The third-order valence-corrected chi connectivity index (χ3v) is 9.99. The first-order chi connectivity index (χ1) is 20.2. The monoisotopic (exact) mass is 665 g/mol. The molecule has 0 fully saturated rings. The van der Waals surface area contributed by atoms with Gasteiger partial charge in [0.25, 0.3) is 5.91 Å². The van der Waals surface area contributed by atoms with E-state index in [0.717, 1.165) is 25.3 Å². The molecule has 0 aliphatic carbocycles. The molecule has 1 amide bonds. The van der Waals surface area contributed by atoms with Crippen LogP contribution in [0, 0.1) is 10.1 Å². The lowest BCUT2D eigenvalue weighted by molar-refractivity contribution is -0.402. The van der Waals surface area contributed by atoms with Crippen LogP contribution in [0.2, 0.25) is 0 Å². The molecular weight excluding hydrogens is 646 g/mol. The van der Waals surface area contributed by atoms with Gasteiger partial charge in [-0.05, 0) is 66.1 Å². The molecule has 1 aliphatic heterocycles. The first kappa shape index (κ1) is 27.9. The standard InChI is InChI=1S/C28H20BrN5O6S2/c29-21-7-11-24-25(15-21)41-28(31-24)33(30-16-22-8-12-26(40-22)34(36)37)27(35)19-5-9-23(10-6-19)42(38,39)32-14-13-18-3-1-2-4-20(18)17-32/h1-12,15-16H,13-14,17H2/b30-16+. The van der Waals surface area contributed by atoms with Crippen molar-refractivity contribution in [3.8, 4) is 0 Å². The highest BCUT2D eigenvalue weighted by Gasteiger charge is 2.29. The molecule has 14 heteroatoms. The number of sulfonamides is 1. The smallest absolute Gasteiger partial charge is 0.400 e. The van der Waals surface area contributed by atoms with Gasteiger partial charge in [0, 0.05) is 23.1 Å². The summed E-state index contributed by atoms with van der Waals surface area (Å²) in [6.07, 6.45) is 1.80. The zero-order valence-electron chi connectivity index (χ0n) is 21.6. The van der Waals surface area contributed by atoms with Crippen molar-refractivity contribution in [2.24, 2.45) is 5.10 Å². The van der Waals surface area contributed by atoms with Crippen LogP contribution >= 0.6 is 27.3 Å². The third-order valence-electron chi connectivity index (χ3n) is 6.64. The van der Waals surface area contributed by atoms with Gasteiger partial charge in [-0.3, -0.25) is 14.9 Å². The van der Waals surface area contributed by atoms with Gasteiger partial charge >= 0.3 is 5.88 Å². The van der Waals surface area contributed by atoms with Gasteiger partial charge in [0.1, 0.15) is 4.92 Å². The number of halogens is 1. The molecule has 0 spiro atoms. The SMILES string of the molecule is O=C(c1ccc(S(=O)(=O)N2CCc3ccccc3C2)cc1)N(/N=C/c1ccc([N+](=O)[O-])o1)c1nc2ccc(Br)cc2s1. The molecule has 3 heterocycles.